The average molecular weight is 381 g/mol. The van der Waals surface area contributed by atoms with Crippen LogP contribution in [0.5, 0.6) is 0 Å². The second-order valence-electron chi connectivity index (χ2n) is 6.38. The standard InChI is InChI=1S/C22H14F3NO2/c23-22(24,25)17-7-4-14(5-8-17)12-20(27)19-3-1-2-18(26-19)15-6-9-21-16(13-15)10-11-28-21/h1-11,13H,12H2. The van der Waals surface area contributed by atoms with Crippen LogP contribution in [0.2, 0.25) is 0 Å². The molecule has 4 rings (SSSR count). The second kappa shape index (κ2) is 6.96. The van der Waals surface area contributed by atoms with Gasteiger partial charge in [-0.05, 0) is 54.1 Å². The summed E-state index contributed by atoms with van der Waals surface area (Å²) in [6.07, 6.45) is -2.81. The molecule has 2 aromatic heterocycles. The molecule has 0 atom stereocenters. The smallest absolute Gasteiger partial charge is 0.416 e. The zero-order valence-corrected chi connectivity index (χ0v) is 14.5. The number of hydrogen-bond acceptors (Lipinski definition) is 3. The molecular formula is C22H14F3NO2. The molecule has 0 fully saturated rings. The van der Waals surface area contributed by atoms with Crippen LogP contribution in [-0.4, -0.2) is 10.8 Å². The molecule has 0 spiro atoms. The Bertz CT molecular complexity index is 1140. The van der Waals surface area contributed by atoms with Gasteiger partial charge in [-0.3, -0.25) is 4.79 Å². The molecule has 0 aliphatic heterocycles. The molecule has 0 saturated heterocycles. The van der Waals surface area contributed by atoms with Crippen LogP contribution >= 0.6 is 0 Å². The molecule has 3 nitrogen and oxygen atoms in total. The summed E-state index contributed by atoms with van der Waals surface area (Å²) < 4.78 is 43.3. The number of hydrogen-bond donors (Lipinski definition) is 0. The summed E-state index contributed by atoms with van der Waals surface area (Å²) >= 11 is 0. The minimum atomic E-state index is -4.39. The number of Topliss-reactive ketones (excluding diaryl/α,β-unsaturated/α-hetero) is 1. The highest BCUT2D eigenvalue weighted by molar-refractivity contribution is 5.96. The van der Waals surface area contributed by atoms with Gasteiger partial charge in [0.05, 0.1) is 17.5 Å². The van der Waals surface area contributed by atoms with Crippen molar-refractivity contribution in [2.24, 2.45) is 0 Å². The van der Waals surface area contributed by atoms with E-state index in [2.05, 4.69) is 4.98 Å². The van der Waals surface area contributed by atoms with Crippen molar-refractivity contribution in [2.45, 2.75) is 12.6 Å². The number of halogens is 3. The van der Waals surface area contributed by atoms with E-state index in [9.17, 15) is 18.0 Å². The Hall–Kier alpha value is -3.41. The lowest BCUT2D eigenvalue weighted by Crippen LogP contribution is -2.08. The largest absolute Gasteiger partial charge is 0.464 e. The van der Waals surface area contributed by atoms with Crippen molar-refractivity contribution in [3.63, 3.8) is 0 Å². The van der Waals surface area contributed by atoms with Crippen molar-refractivity contribution in [1.29, 1.82) is 0 Å². The first kappa shape index (κ1) is 18.0. The lowest BCUT2D eigenvalue weighted by molar-refractivity contribution is -0.137. The molecule has 4 aromatic rings. The van der Waals surface area contributed by atoms with Crippen LogP contribution in [0.3, 0.4) is 0 Å². The molecular weight excluding hydrogens is 367 g/mol. The molecule has 0 aliphatic rings. The summed E-state index contributed by atoms with van der Waals surface area (Å²) in [4.78, 5) is 17.0. The van der Waals surface area contributed by atoms with Crippen LogP contribution in [0, 0.1) is 0 Å². The summed E-state index contributed by atoms with van der Waals surface area (Å²) in [6, 6.07) is 17.2. The Morgan fingerprint density at radius 3 is 2.50 bits per heavy atom. The Balaban J connectivity index is 1.56. The van der Waals surface area contributed by atoms with Crippen LogP contribution in [0.4, 0.5) is 13.2 Å². The number of nitrogens with zero attached hydrogens (tertiary/aromatic N) is 1. The molecule has 0 bridgehead atoms. The molecule has 0 aliphatic carbocycles. The fraction of sp³-hybridized carbons (Fsp3) is 0.0909. The van der Waals surface area contributed by atoms with Crippen molar-refractivity contribution in [3.05, 3.63) is 89.8 Å². The SMILES string of the molecule is O=C(Cc1ccc(C(F)(F)F)cc1)c1cccc(-c2ccc3occc3c2)n1. The predicted octanol–water partition coefficient (Wildman–Crippen LogP) is 5.94. The first-order valence-corrected chi connectivity index (χ1v) is 8.54. The normalized spacial score (nSPS) is 11.7. The van der Waals surface area contributed by atoms with Crippen molar-refractivity contribution >= 4 is 16.8 Å². The van der Waals surface area contributed by atoms with E-state index < -0.39 is 11.7 Å². The van der Waals surface area contributed by atoms with Gasteiger partial charge in [0.15, 0.2) is 5.78 Å². The van der Waals surface area contributed by atoms with Gasteiger partial charge in [0.25, 0.3) is 0 Å². The first-order chi connectivity index (χ1) is 13.4. The van der Waals surface area contributed by atoms with E-state index in [4.69, 9.17) is 4.42 Å². The molecule has 28 heavy (non-hydrogen) atoms. The van der Waals surface area contributed by atoms with Crippen LogP contribution in [0.15, 0.2) is 77.4 Å². The maximum absolute atomic E-state index is 12.6. The van der Waals surface area contributed by atoms with Gasteiger partial charge in [0.2, 0.25) is 0 Å². The van der Waals surface area contributed by atoms with E-state index in [0.29, 0.717) is 11.3 Å². The van der Waals surface area contributed by atoms with E-state index in [1.54, 1.807) is 24.5 Å². The molecule has 0 radical (unpaired) electrons. The summed E-state index contributed by atoms with van der Waals surface area (Å²) in [5.41, 5.74) is 2.28. The number of carbonyl (C=O) groups is 1. The minimum Gasteiger partial charge on any atom is -0.464 e. The Labute approximate surface area is 158 Å². The maximum atomic E-state index is 12.6. The van der Waals surface area contributed by atoms with Crippen LogP contribution < -0.4 is 0 Å². The van der Waals surface area contributed by atoms with E-state index >= 15 is 0 Å². The third-order valence-corrected chi connectivity index (χ3v) is 4.43. The topological polar surface area (TPSA) is 43.1 Å². The molecule has 0 unspecified atom stereocenters. The number of furan rings is 1. The molecule has 6 heteroatoms. The number of fused-ring (bicyclic) bond motifs is 1. The zero-order chi connectivity index (χ0) is 19.7. The zero-order valence-electron chi connectivity index (χ0n) is 14.5. The fourth-order valence-electron chi connectivity index (χ4n) is 2.96. The van der Waals surface area contributed by atoms with Crippen molar-refractivity contribution in [1.82, 2.24) is 4.98 Å². The minimum absolute atomic E-state index is 0.0185. The third kappa shape index (κ3) is 3.67. The van der Waals surface area contributed by atoms with Crippen molar-refractivity contribution < 1.29 is 22.4 Å². The van der Waals surface area contributed by atoms with Crippen LogP contribution in [0.1, 0.15) is 21.6 Å². The highest BCUT2D eigenvalue weighted by Crippen LogP contribution is 2.29. The molecule has 140 valence electrons. The van der Waals surface area contributed by atoms with Gasteiger partial charge in [-0.15, -0.1) is 0 Å². The van der Waals surface area contributed by atoms with Gasteiger partial charge < -0.3 is 4.42 Å². The summed E-state index contributed by atoms with van der Waals surface area (Å²) in [5.74, 6) is -0.258. The van der Waals surface area contributed by atoms with E-state index in [1.165, 1.54) is 12.1 Å². The van der Waals surface area contributed by atoms with Crippen LogP contribution in [-0.2, 0) is 12.6 Å². The number of ketones is 1. The summed E-state index contributed by atoms with van der Waals surface area (Å²) in [5, 5.41) is 0.931. The Kier molecular flexibility index (Phi) is 4.47. The van der Waals surface area contributed by atoms with E-state index in [0.717, 1.165) is 28.7 Å². The quantitative estimate of drug-likeness (QED) is 0.411. The number of carbonyl (C=O) groups excluding carboxylic acids is 1. The number of benzene rings is 2. The van der Waals surface area contributed by atoms with Gasteiger partial charge in [-0.1, -0.05) is 18.2 Å². The monoisotopic (exact) mass is 381 g/mol. The highest BCUT2D eigenvalue weighted by Gasteiger charge is 2.30. The number of rotatable bonds is 4. The van der Waals surface area contributed by atoms with Gasteiger partial charge in [0.1, 0.15) is 11.3 Å². The van der Waals surface area contributed by atoms with Crippen LogP contribution in [0.25, 0.3) is 22.2 Å². The number of alkyl halides is 3. The van der Waals surface area contributed by atoms with E-state index in [1.807, 2.05) is 24.3 Å². The van der Waals surface area contributed by atoms with Gasteiger partial charge in [-0.25, -0.2) is 4.98 Å². The third-order valence-electron chi connectivity index (χ3n) is 4.43. The molecule has 0 amide bonds. The van der Waals surface area contributed by atoms with Crippen molar-refractivity contribution in [2.75, 3.05) is 0 Å². The lowest BCUT2D eigenvalue weighted by atomic mass is 10.0. The maximum Gasteiger partial charge on any atom is 0.416 e. The Morgan fingerprint density at radius 1 is 0.964 bits per heavy atom. The highest BCUT2D eigenvalue weighted by atomic mass is 19.4. The molecule has 0 saturated carbocycles. The first-order valence-electron chi connectivity index (χ1n) is 8.54. The summed E-state index contributed by atoms with van der Waals surface area (Å²) in [6.45, 7) is 0. The van der Waals surface area contributed by atoms with Gasteiger partial charge >= 0.3 is 6.18 Å². The Morgan fingerprint density at radius 2 is 1.75 bits per heavy atom. The summed E-state index contributed by atoms with van der Waals surface area (Å²) in [7, 11) is 0. The molecule has 2 aromatic carbocycles. The van der Waals surface area contributed by atoms with E-state index in [-0.39, 0.29) is 17.9 Å². The second-order valence-corrected chi connectivity index (χ2v) is 6.38. The number of aromatic nitrogens is 1. The fourth-order valence-corrected chi connectivity index (χ4v) is 2.96. The molecule has 2 heterocycles. The molecule has 0 N–H and O–H groups in total. The predicted molar refractivity (Wildman–Crippen MR) is 98.9 cm³/mol. The van der Waals surface area contributed by atoms with Crippen molar-refractivity contribution in [3.8, 4) is 11.3 Å². The average Bonchev–Trinajstić information content (AvgIpc) is 3.15. The van der Waals surface area contributed by atoms with Gasteiger partial charge in [-0.2, -0.15) is 13.2 Å². The number of pyridine rings is 1. The lowest BCUT2D eigenvalue weighted by Gasteiger charge is -2.08. The van der Waals surface area contributed by atoms with Gasteiger partial charge in [0, 0.05) is 17.4 Å².